The largest absolute Gasteiger partial charge is 0.140 e. The van der Waals surface area contributed by atoms with Crippen molar-refractivity contribution in [3.05, 3.63) is 81.5 Å². The van der Waals surface area contributed by atoms with Gasteiger partial charge in [0.05, 0.1) is 4.88 Å². The second kappa shape index (κ2) is 5.99. The molecule has 124 valence electrons. The fraction of sp³-hybridized carbons (Fsp3) is 0.0833. The summed E-state index contributed by atoms with van der Waals surface area (Å²) in [6, 6.07) is 21.9. The number of fused-ring (bicyclic) bond motifs is 5. The van der Waals surface area contributed by atoms with Crippen LogP contribution in [-0.4, -0.2) is 0 Å². The molecule has 0 spiro atoms. The zero-order valence-corrected chi connectivity index (χ0v) is 16.2. The van der Waals surface area contributed by atoms with Crippen LogP contribution in [0.25, 0.3) is 30.9 Å². The first-order valence-corrected chi connectivity index (χ1v) is 10.2. The van der Waals surface area contributed by atoms with Gasteiger partial charge in [-0.15, -0.1) is 22.7 Å². The molecule has 0 bridgehead atoms. The van der Waals surface area contributed by atoms with E-state index in [2.05, 4.69) is 86.4 Å². The van der Waals surface area contributed by atoms with Crippen LogP contribution >= 0.6 is 22.7 Å². The zero-order chi connectivity index (χ0) is 17.7. The average molecular weight is 369 g/mol. The Kier molecular flexibility index (Phi) is 3.60. The standard InChI is InChI=1S/C24H16S2/c1-15-3-5-17(6-4-15)7-10-20-14-19-9-12-21-22(24(19)26-20)11-8-18-13-16(2)25-23(18)21/h3-6,8-9,11-14H,1-2H3. The first-order valence-electron chi connectivity index (χ1n) is 8.61. The highest BCUT2D eigenvalue weighted by Crippen LogP contribution is 2.38. The summed E-state index contributed by atoms with van der Waals surface area (Å²) in [5.41, 5.74) is 2.33. The minimum Gasteiger partial charge on any atom is -0.140 e. The summed E-state index contributed by atoms with van der Waals surface area (Å²) in [6.07, 6.45) is 0. The van der Waals surface area contributed by atoms with E-state index in [4.69, 9.17) is 0 Å². The molecule has 0 saturated heterocycles. The Morgan fingerprint density at radius 1 is 0.654 bits per heavy atom. The summed E-state index contributed by atoms with van der Waals surface area (Å²) < 4.78 is 2.73. The van der Waals surface area contributed by atoms with E-state index in [9.17, 15) is 0 Å². The van der Waals surface area contributed by atoms with Gasteiger partial charge in [-0.1, -0.05) is 53.8 Å². The van der Waals surface area contributed by atoms with Crippen molar-refractivity contribution < 1.29 is 0 Å². The van der Waals surface area contributed by atoms with E-state index in [0.29, 0.717) is 0 Å². The predicted octanol–water partition coefficient (Wildman–Crippen LogP) is 7.29. The number of thiophene rings is 2. The fourth-order valence-electron chi connectivity index (χ4n) is 3.36. The van der Waals surface area contributed by atoms with Crippen molar-refractivity contribution in [2.75, 3.05) is 0 Å². The number of hydrogen-bond donors (Lipinski definition) is 0. The van der Waals surface area contributed by atoms with Crippen LogP contribution in [0, 0.1) is 25.7 Å². The second-order valence-corrected chi connectivity index (χ2v) is 8.96. The van der Waals surface area contributed by atoms with E-state index >= 15 is 0 Å². The van der Waals surface area contributed by atoms with Gasteiger partial charge in [0.1, 0.15) is 0 Å². The van der Waals surface area contributed by atoms with Crippen molar-refractivity contribution in [3.8, 4) is 11.8 Å². The molecule has 3 aromatic carbocycles. The Morgan fingerprint density at radius 3 is 2.04 bits per heavy atom. The second-order valence-electron chi connectivity index (χ2n) is 6.65. The van der Waals surface area contributed by atoms with Crippen molar-refractivity contribution in [1.29, 1.82) is 0 Å². The van der Waals surface area contributed by atoms with Gasteiger partial charge in [-0.25, -0.2) is 0 Å². The number of benzene rings is 3. The molecular formula is C24H16S2. The molecular weight excluding hydrogens is 352 g/mol. The molecule has 0 fully saturated rings. The van der Waals surface area contributed by atoms with Gasteiger partial charge in [0, 0.05) is 30.6 Å². The third kappa shape index (κ3) is 2.61. The minimum absolute atomic E-state index is 1.06. The van der Waals surface area contributed by atoms with Crippen LogP contribution in [0.1, 0.15) is 20.9 Å². The lowest BCUT2D eigenvalue weighted by Crippen LogP contribution is -1.74. The van der Waals surface area contributed by atoms with Crippen molar-refractivity contribution in [2.24, 2.45) is 0 Å². The maximum atomic E-state index is 3.35. The van der Waals surface area contributed by atoms with Gasteiger partial charge in [-0.3, -0.25) is 0 Å². The molecule has 0 nitrogen and oxygen atoms in total. The van der Waals surface area contributed by atoms with Crippen LogP contribution in [0.15, 0.2) is 60.7 Å². The monoisotopic (exact) mass is 368 g/mol. The van der Waals surface area contributed by atoms with Crippen LogP contribution in [0.4, 0.5) is 0 Å². The molecule has 0 aliphatic heterocycles. The summed E-state index contributed by atoms with van der Waals surface area (Å²) in [4.78, 5) is 2.49. The summed E-state index contributed by atoms with van der Waals surface area (Å²) in [7, 11) is 0. The van der Waals surface area contributed by atoms with Gasteiger partial charge in [-0.2, -0.15) is 0 Å². The first kappa shape index (κ1) is 15.6. The van der Waals surface area contributed by atoms with E-state index in [1.807, 2.05) is 11.3 Å². The number of hydrogen-bond acceptors (Lipinski definition) is 2. The van der Waals surface area contributed by atoms with Gasteiger partial charge in [-0.05, 0) is 48.9 Å². The topological polar surface area (TPSA) is 0 Å². The SMILES string of the molecule is Cc1ccc(C#Cc2cc3ccc4c(ccc5cc(C)sc54)c3s2)cc1. The zero-order valence-electron chi connectivity index (χ0n) is 14.6. The van der Waals surface area contributed by atoms with Crippen LogP contribution in [-0.2, 0) is 0 Å². The molecule has 0 unspecified atom stereocenters. The molecule has 2 heteroatoms. The average Bonchev–Trinajstić information content (AvgIpc) is 3.23. The molecule has 0 radical (unpaired) electrons. The minimum atomic E-state index is 1.06. The van der Waals surface area contributed by atoms with Crippen molar-refractivity contribution in [3.63, 3.8) is 0 Å². The molecule has 0 aliphatic rings. The highest BCUT2D eigenvalue weighted by Gasteiger charge is 2.09. The molecule has 0 N–H and O–H groups in total. The third-order valence-electron chi connectivity index (χ3n) is 4.66. The van der Waals surface area contributed by atoms with Crippen LogP contribution in [0.3, 0.4) is 0 Å². The molecule has 0 amide bonds. The maximum Gasteiger partial charge on any atom is 0.0785 e. The molecule has 5 aromatic rings. The molecule has 0 aliphatic carbocycles. The van der Waals surface area contributed by atoms with Gasteiger partial charge < -0.3 is 0 Å². The Balaban J connectivity index is 1.66. The van der Waals surface area contributed by atoms with Gasteiger partial charge in [0.2, 0.25) is 0 Å². The van der Waals surface area contributed by atoms with Gasteiger partial charge in [0.15, 0.2) is 0 Å². The summed E-state index contributed by atoms with van der Waals surface area (Å²) in [6.45, 7) is 4.28. The molecule has 0 saturated carbocycles. The normalized spacial score (nSPS) is 11.2. The van der Waals surface area contributed by atoms with Crippen molar-refractivity contribution in [2.45, 2.75) is 13.8 Å². The Hall–Kier alpha value is -2.60. The lowest BCUT2D eigenvalue weighted by Gasteiger charge is -2.00. The van der Waals surface area contributed by atoms with Crippen molar-refractivity contribution in [1.82, 2.24) is 0 Å². The lowest BCUT2D eigenvalue weighted by molar-refractivity contribution is 1.46. The van der Waals surface area contributed by atoms with E-state index in [1.165, 1.54) is 41.4 Å². The van der Waals surface area contributed by atoms with E-state index in [1.54, 1.807) is 11.3 Å². The smallest absolute Gasteiger partial charge is 0.0785 e. The molecule has 0 atom stereocenters. The maximum absolute atomic E-state index is 3.35. The van der Waals surface area contributed by atoms with Gasteiger partial charge >= 0.3 is 0 Å². The Labute approximate surface area is 160 Å². The quantitative estimate of drug-likeness (QED) is 0.252. The number of rotatable bonds is 0. The molecule has 2 aromatic heterocycles. The first-order chi connectivity index (χ1) is 12.7. The fourth-order valence-corrected chi connectivity index (χ4v) is 5.44. The van der Waals surface area contributed by atoms with Gasteiger partial charge in [0.25, 0.3) is 0 Å². The predicted molar refractivity (Wildman–Crippen MR) is 117 cm³/mol. The lowest BCUT2D eigenvalue weighted by atomic mass is 10.1. The summed E-state index contributed by atoms with van der Waals surface area (Å²) in [5.74, 6) is 6.64. The molecule has 2 heterocycles. The summed E-state index contributed by atoms with van der Waals surface area (Å²) >= 11 is 3.68. The molecule has 26 heavy (non-hydrogen) atoms. The summed E-state index contributed by atoms with van der Waals surface area (Å²) in [5, 5.41) is 5.32. The highest BCUT2D eigenvalue weighted by atomic mass is 32.1. The molecule has 5 rings (SSSR count). The number of aryl methyl sites for hydroxylation is 2. The Bertz CT molecular complexity index is 1340. The van der Waals surface area contributed by atoms with Crippen molar-refractivity contribution >= 4 is 53.6 Å². The van der Waals surface area contributed by atoms with E-state index < -0.39 is 0 Å². The van der Waals surface area contributed by atoms with Crippen LogP contribution < -0.4 is 0 Å². The van der Waals surface area contributed by atoms with Crippen LogP contribution in [0.2, 0.25) is 0 Å². The van der Waals surface area contributed by atoms with E-state index in [0.717, 1.165) is 10.4 Å². The Morgan fingerprint density at radius 2 is 1.31 bits per heavy atom. The third-order valence-corrected chi connectivity index (χ3v) is 6.86. The van der Waals surface area contributed by atoms with Crippen LogP contribution in [0.5, 0.6) is 0 Å². The van der Waals surface area contributed by atoms with E-state index in [-0.39, 0.29) is 0 Å². The highest BCUT2D eigenvalue weighted by molar-refractivity contribution is 7.21.